The second kappa shape index (κ2) is 20.0. The highest BCUT2D eigenvalue weighted by molar-refractivity contribution is 5.97. The molecule has 0 spiro atoms. The normalized spacial score (nSPS) is 22.0. The van der Waals surface area contributed by atoms with Crippen LogP contribution in [0.25, 0.3) is 6.08 Å². The van der Waals surface area contributed by atoms with E-state index in [-0.39, 0.29) is 50.1 Å². The van der Waals surface area contributed by atoms with E-state index in [1.807, 2.05) is 0 Å². The fourth-order valence-electron chi connectivity index (χ4n) is 7.27. The zero-order valence-corrected chi connectivity index (χ0v) is 33.4. The van der Waals surface area contributed by atoms with E-state index in [4.69, 9.17) is 28.8 Å². The van der Waals surface area contributed by atoms with E-state index in [0.717, 1.165) is 44.6 Å². The van der Waals surface area contributed by atoms with Gasteiger partial charge in [0.25, 0.3) is 5.91 Å². The van der Waals surface area contributed by atoms with Crippen molar-refractivity contribution in [3.8, 4) is 0 Å². The van der Waals surface area contributed by atoms with Gasteiger partial charge in [-0.25, -0.2) is 14.4 Å². The molecule has 13 nitrogen and oxygen atoms in total. The highest BCUT2D eigenvalue weighted by Crippen LogP contribution is 2.43. The van der Waals surface area contributed by atoms with E-state index in [0.29, 0.717) is 35.1 Å². The van der Waals surface area contributed by atoms with Crippen molar-refractivity contribution in [2.75, 3.05) is 19.8 Å². The molecule has 0 saturated carbocycles. The van der Waals surface area contributed by atoms with Crippen molar-refractivity contribution < 1.29 is 52.8 Å². The van der Waals surface area contributed by atoms with Gasteiger partial charge in [-0.1, -0.05) is 83.7 Å². The molecule has 0 radical (unpaired) electrons. The van der Waals surface area contributed by atoms with Crippen molar-refractivity contribution >= 4 is 35.8 Å². The molecule has 3 aliphatic rings. The number of esters is 3. The topological polar surface area (TPSA) is 176 Å². The quantitative estimate of drug-likeness (QED) is 0.0686. The van der Waals surface area contributed by atoms with Gasteiger partial charge in [0.2, 0.25) is 12.0 Å². The molecule has 57 heavy (non-hydrogen) atoms. The number of aliphatic hydroxyl groups excluding tert-OH is 1. The molecule has 0 bridgehead atoms. The average molecular weight is 789 g/mol. The van der Waals surface area contributed by atoms with Gasteiger partial charge in [-0.05, 0) is 54.3 Å². The lowest BCUT2D eigenvalue weighted by atomic mass is 9.90. The van der Waals surface area contributed by atoms with Crippen LogP contribution in [0.2, 0.25) is 0 Å². The molecule has 2 heterocycles. The minimum absolute atomic E-state index is 0.0588. The van der Waals surface area contributed by atoms with Crippen molar-refractivity contribution in [1.82, 2.24) is 10.6 Å². The number of aliphatic hydroxyl groups is 1. The Hall–Kier alpha value is -4.85. The molecule has 2 saturated heterocycles. The Morgan fingerprint density at radius 2 is 1.65 bits per heavy atom. The summed E-state index contributed by atoms with van der Waals surface area (Å²) in [6.07, 6.45) is 8.32. The van der Waals surface area contributed by atoms with Gasteiger partial charge in [-0.15, -0.1) is 0 Å². The van der Waals surface area contributed by atoms with Crippen LogP contribution in [0.3, 0.4) is 0 Å². The summed E-state index contributed by atoms with van der Waals surface area (Å²) < 4.78 is 30.2. The van der Waals surface area contributed by atoms with Crippen molar-refractivity contribution in [1.29, 1.82) is 0 Å². The van der Waals surface area contributed by atoms with Crippen LogP contribution in [0.1, 0.15) is 117 Å². The van der Waals surface area contributed by atoms with Crippen molar-refractivity contribution in [3.63, 3.8) is 0 Å². The summed E-state index contributed by atoms with van der Waals surface area (Å²) in [7, 11) is 0. The molecule has 4 atom stereocenters. The number of cyclic esters (lactones) is 1. The van der Waals surface area contributed by atoms with E-state index in [9.17, 15) is 24.0 Å². The predicted molar refractivity (Wildman–Crippen MR) is 210 cm³/mol. The van der Waals surface area contributed by atoms with Crippen LogP contribution in [0.5, 0.6) is 0 Å². The SMILES string of the molecule is CCCCCC1(CCCCC)OC2C=C(C(=O)NCc3cccc(C(=O)NCCO)c3)CC(OC(=O)c3ccccc3C=CC(=O)OC3C(=O)OCC3(C)C)C2O1. The Morgan fingerprint density at radius 3 is 2.33 bits per heavy atom. The number of amides is 2. The first-order valence-corrected chi connectivity index (χ1v) is 20.1. The minimum atomic E-state index is -1.05. The molecule has 1 aliphatic carbocycles. The highest BCUT2D eigenvalue weighted by Gasteiger charge is 2.52. The lowest BCUT2D eigenvalue weighted by Gasteiger charge is -2.31. The lowest BCUT2D eigenvalue weighted by Crippen LogP contribution is -2.43. The monoisotopic (exact) mass is 788 g/mol. The van der Waals surface area contributed by atoms with E-state index < -0.39 is 53.5 Å². The molecule has 308 valence electrons. The first kappa shape index (κ1) is 43.3. The maximum Gasteiger partial charge on any atom is 0.348 e. The number of hydrogen-bond acceptors (Lipinski definition) is 11. The fourth-order valence-corrected chi connectivity index (χ4v) is 7.27. The maximum absolute atomic E-state index is 14.0. The smallest absolute Gasteiger partial charge is 0.348 e. The second-order valence-electron chi connectivity index (χ2n) is 15.5. The van der Waals surface area contributed by atoms with Gasteiger partial charge in [-0.2, -0.15) is 0 Å². The average Bonchev–Trinajstić information content (AvgIpc) is 3.70. The first-order valence-electron chi connectivity index (χ1n) is 20.1. The van der Waals surface area contributed by atoms with Crippen LogP contribution in [0.4, 0.5) is 0 Å². The zero-order chi connectivity index (χ0) is 41.0. The van der Waals surface area contributed by atoms with Gasteiger partial charge >= 0.3 is 17.9 Å². The zero-order valence-electron chi connectivity index (χ0n) is 33.4. The predicted octanol–water partition coefficient (Wildman–Crippen LogP) is 5.73. The number of benzene rings is 2. The van der Waals surface area contributed by atoms with E-state index >= 15 is 0 Å². The molecule has 2 fully saturated rings. The summed E-state index contributed by atoms with van der Waals surface area (Å²) in [6, 6.07) is 13.5. The van der Waals surface area contributed by atoms with Crippen molar-refractivity contribution in [2.45, 2.75) is 122 Å². The van der Waals surface area contributed by atoms with Gasteiger partial charge in [0.1, 0.15) is 24.9 Å². The summed E-state index contributed by atoms with van der Waals surface area (Å²) in [5.74, 6) is -3.65. The molecule has 0 aromatic heterocycles. The number of fused-ring (bicyclic) bond motifs is 1. The largest absolute Gasteiger partial charge is 0.462 e. The number of rotatable bonds is 19. The second-order valence-corrected chi connectivity index (χ2v) is 15.5. The van der Waals surface area contributed by atoms with Crippen LogP contribution < -0.4 is 10.6 Å². The maximum atomic E-state index is 14.0. The number of hydrogen-bond donors (Lipinski definition) is 3. The standard InChI is InChI=1S/C44H56N2O11/c1-5-7-11-20-44(21-12-8-6-2)56-35-26-32(40(50)46-27-29-14-13-16-31(24-29)39(49)45-22-23-47)25-34(37(35)57-44)54-41(51)33-17-10-9-15-30(33)18-19-36(48)55-38-42(52)53-28-43(38,3)4/h9-10,13-19,24,26,34-35,37-38,47H,5-8,11-12,20-23,25,27-28H2,1-4H3,(H,45,49)(H,46,50). The minimum Gasteiger partial charge on any atom is -0.462 e. The summed E-state index contributed by atoms with van der Waals surface area (Å²) in [5.41, 5.74) is 1.36. The van der Waals surface area contributed by atoms with E-state index in [1.54, 1.807) is 68.5 Å². The summed E-state index contributed by atoms with van der Waals surface area (Å²) in [6.45, 7) is 8.02. The molecular formula is C44H56N2O11. The Balaban J connectivity index is 1.35. The Labute approximate surface area is 334 Å². The summed E-state index contributed by atoms with van der Waals surface area (Å²) >= 11 is 0. The number of nitrogens with one attached hydrogen (secondary N) is 2. The molecule has 2 aromatic carbocycles. The summed E-state index contributed by atoms with van der Waals surface area (Å²) in [5, 5.41) is 14.6. The first-order chi connectivity index (χ1) is 27.4. The Bertz CT molecular complexity index is 1810. The van der Waals surface area contributed by atoms with Gasteiger partial charge in [0, 0.05) is 55.0 Å². The van der Waals surface area contributed by atoms with Gasteiger partial charge in [0.15, 0.2) is 5.79 Å². The Morgan fingerprint density at radius 1 is 0.912 bits per heavy atom. The number of carbonyl (C=O) groups excluding carboxylic acids is 5. The van der Waals surface area contributed by atoms with Crippen LogP contribution in [-0.2, 0) is 44.6 Å². The molecule has 3 N–H and O–H groups in total. The van der Waals surface area contributed by atoms with Crippen LogP contribution in [0, 0.1) is 5.41 Å². The molecule has 4 unspecified atom stereocenters. The van der Waals surface area contributed by atoms with Crippen LogP contribution in [-0.4, -0.2) is 84.8 Å². The fraction of sp³-hybridized carbons (Fsp3) is 0.523. The lowest BCUT2D eigenvalue weighted by molar-refractivity contribution is -0.190. The van der Waals surface area contributed by atoms with Crippen molar-refractivity contribution in [2.24, 2.45) is 5.41 Å². The molecular weight excluding hydrogens is 732 g/mol. The van der Waals surface area contributed by atoms with Gasteiger partial charge < -0.3 is 39.4 Å². The molecule has 2 aromatic rings. The van der Waals surface area contributed by atoms with Crippen LogP contribution in [0.15, 0.2) is 66.3 Å². The number of unbranched alkanes of at least 4 members (excludes halogenated alkanes) is 4. The third-order valence-electron chi connectivity index (χ3n) is 10.4. The molecule has 13 heteroatoms. The molecule has 2 aliphatic heterocycles. The molecule has 5 rings (SSSR count). The van der Waals surface area contributed by atoms with Crippen molar-refractivity contribution in [3.05, 3.63) is 88.5 Å². The number of ether oxygens (including phenoxy) is 5. The van der Waals surface area contributed by atoms with Gasteiger partial charge in [-0.3, -0.25) is 9.59 Å². The summed E-state index contributed by atoms with van der Waals surface area (Å²) in [4.78, 5) is 65.2. The van der Waals surface area contributed by atoms with E-state index in [2.05, 4.69) is 24.5 Å². The number of carbonyl (C=O) groups is 5. The Kier molecular flexibility index (Phi) is 15.2. The van der Waals surface area contributed by atoms with Gasteiger partial charge in [0.05, 0.1) is 12.2 Å². The molecule has 2 amide bonds. The van der Waals surface area contributed by atoms with E-state index in [1.165, 1.54) is 6.08 Å². The highest BCUT2D eigenvalue weighted by atomic mass is 16.8. The third-order valence-corrected chi connectivity index (χ3v) is 10.4. The third kappa shape index (κ3) is 11.4. The van der Waals surface area contributed by atoms with Crippen LogP contribution >= 0.6 is 0 Å².